The molecule has 0 aromatic carbocycles. The first-order chi connectivity index (χ1) is 19.3. The van der Waals surface area contributed by atoms with Crippen molar-refractivity contribution in [3.8, 4) is 0 Å². The van der Waals surface area contributed by atoms with Crippen LogP contribution in [0.2, 0.25) is 0 Å². The number of hydrogen-bond donors (Lipinski definition) is 4. The van der Waals surface area contributed by atoms with Crippen molar-refractivity contribution in [2.24, 2.45) is 34.5 Å². The number of hydrogen-bond acceptors (Lipinski definition) is 10. The molecule has 2 heterocycles. The van der Waals surface area contributed by atoms with Gasteiger partial charge in [-0.1, -0.05) is 13.8 Å². The van der Waals surface area contributed by atoms with Gasteiger partial charge < -0.3 is 39.4 Å². The zero-order valence-corrected chi connectivity index (χ0v) is 24.5. The van der Waals surface area contributed by atoms with Crippen molar-refractivity contribution in [1.29, 1.82) is 0 Å². The number of rotatable bonds is 4. The quantitative estimate of drug-likeness (QED) is 0.288. The Morgan fingerprint density at radius 1 is 1.02 bits per heavy atom. The van der Waals surface area contributed by atoms with Crippen LogP contribution in [0.1, 0.15) is 79.1 Å². The van der Waals surface area contributed by atoms with Gasteiger partial charge in [-0.2, -0.15) is 0 Å². The Morgan fingerprint density at radius 3 is 2.46 bits per heavy atom. The second kappa shape index (κ2) is 10.3. The summed E-state index contributed by atoms with van der Waals surface area (Å²) in [5.41, 5.74) is -0.777. The van der Waals surface area contributed by atoms with Crippen LogP contribution in [0.5, 0.6) is 0 Å². The molecule has 10 heteroatoms. The summed E-state index contributed by atoms with van der Waals surface area (Å²) in [7, 11) is 0. The number of aliphatic hydroxyl groups is 4. The fourth-order valence-corrected chi connectivity index (χ4v) is 10.2. The van der Waals surface area contributed by atoms with Gasteiger partial charge in [-0.3, -0.25) is 4.79 Å². The summed E-state index contributed by atoms with van der Waals surface area (Å²) in [6.45, 7) is 7.70. The maximum Gasteiger partial charge on any atom is 0.331 e. The van der Waals surface area contributed by atoms with E-state index in [-0.39, 0.29) is 41.9 Å². The van der Waals surface area contributed by atoms with Crippen LogP contribution >= 0.6 is 0 Å². The molecule has 0 radical (unpaired) electrons. The molecule has 4 N–H and O–H groups in total. The molecule has 2 aliphatic heterocycles. The van der Waals surface area contributed by atoms with Crippen molar-refractivity contribution in [3.05, 3.63) is 11.6 Å². The highest BCUT2D eigenvalue weighted by atomic mass is 16.7. The summed E-state index contributed by atoms with van der Waals surface area (Å²) in [4.78, 5) is 24.1. The first-order valence-electron chi connectivity index (χ1n) is 15.4. The van der Waals surface area contributed by atoms with E-state index in [1.807, 2.05) is 0 Å². The molecule has 0 aromatic rings. The van der Waals surface area contributed by atoms with Crippen LogP contribution in [0.25, 0.3) is 0 Å². The lowest BCUT2D eigenvalue weighted by Gasteiger charge is -2.63. The smallest absolute Gasteiger partial charge is 0.331 e. The fourth-order valence-electron chi connectivity index (χ4n) is 10.2. The highest BCUT2D eigenvalue weighted by Crippen LogP contribution is 2.70. The summed E-state index contributed by atoms with van der Waals surface area (Å²) in [5.74, 6) is -0.326. The van der Waals surface area contributed by atoms with Crippen LogP contribution in [-0.4, -0.2) is 87.5 Å². The molecule has 14 atom stereocenters. The topological polar surface area (TPSA) is 152 Å². The van der Waals surface area contributed by atoms with Crippen LogP contribution in [0.15, 0.2) is 11.6 Å². The first-order valence-corrected chi connectivity index (χ1v) is 15.4. The molecule has 230 valence electrons. The minimum Gasteiger partial charge on any atom is -0.462 e. The Hall–Kier alpha value is -1.56. The maximum absolute atomic E-state index is 12.7. The molecule has 5 fully saturated rings. The Balaban J connectivity index is 1.21. The number of ether oxygens (including phenoxy) is 4. The lowest BCUT2D eigenvalue weighted by Crippen LogP contribution is -2.62. The Kier molecular flexibility index (Phi) is 7.39. The number of fused-ring (bicyclic) bond motifs is 5. The van der Waals surface area contributed by atoms with Crippen LogP contribution in [0.3, 0.4) is 0 Å². The number of aliphatic hydroxyl groups excluding tert-OH is 3. The standard InChI is InChI=1S/C31H46O10/c1-15-25(34)26(35)27(36)28(39-15)41-19-7-9-29(3)18(12-19)5-6-21-20(29)8-10-30(4)24(17-11-23(33)38-14-17)22(40-16(2)32)13-31(21,30)37/h11,15,18-22,24-28,34-37H,5-10,12-14H2,1-4H3. The van der Waals surface area contributed by atoms with Gasteiger partial charge in [0.1, 0.15) is 31.0 Å². The number of carbonyl (C=O) groups is 2. The molecule has 6 aliphatic rings. The fraction of sp³-hybridized carbons (Fsp3) is 0.871. The molecular weight excluding hydrogens is 532 g/mol. The lowest BCUT2D eigenvalue weighted by atomic mass is 9.43. The molecule has 41 heavy (non-hydrogen) atoms. The van der Waals surface area contributed by atoms with Crippen LogP contribution in [0.4, 0.5) is 0 Å². The largest absolute Gasteiger partial charge is 0.462 e. The maximum atomic E-state index is 12.7. The van der Waals surface area contributed by atoms with Gasteiger partial charge in [0.25, 0.3) is 0 Å². The normalized spacial score (nSPS) is 53.0. The van der Waals surface area contributed by atoms with Gasteiger partial charge in [-0.25, -0.2) is 4.79 Å². The van der Waals surface area contributed by atoms with Gasteiger partial charge in [0, 0.05) is 30.8 Å². The minimum atomic E-state index is -1.32. The SMILES string of the molecule is CC(=O)OC1CC2(O)C3CCC4CC(OC5OC(C)C(O)C(O)C5O)CCC4(C)C3CCC2(C)C1C1=CC(=O)OC1. The second-order valence-corrected chi connectivity index (χ2v) is 14.2. The van der Waals surface area contributed by atoms with Crippen molar-refractivity contribution in [1.82, 2.24) is 0 Å². The van der Waals surface area contributed by atoms with E-state index < -0.39 is 47.8 Å². The Bertz CT molecular complexity index is 1090. The Labute approximate surface area is 241 Å². The Morgan fingerprint density at radius 2 is 1.78 bits per heavy atom. The summed E-state index contributed by atoms with van der Waals surface area (Å²) in [6.07, 6.45) is 1.79. The average molecular weight is 579 g/mol. The van der Waals surface area contributed by atoms with Gasteiger partial charge in [-0.15, -0.1) is 0 Å². The third-order valence-corrected chi connectivity index (χ3v) is 12.3. The van der Waals surface area contributed by atoms with Crippen molar-refractivity contribution in [2.75, 3.05) is 6.61 Å². The van der Waals surface area contributed by atoms with E-state index >= 15 is 0 Å². The molecule has 1 saturated heterocycles. The van der Waals surface area contributed by atoms with Crippen LogP contribution in [0, 0.1) is 34.5 Å². The summed E-state index contributed by atoms with van der Waals surface area (Å²) >= 11 is 0. The monoisotopic (exact) mass is 578 g/mol. The summed E-state index contributed by atoms with van der Waals surface area (Å²) in [5, 5.41) is 43.4. The van der Waals surface area contributed by atoms with Crippen molar-refractivity contribution >= 4 is 11.9 Å². The number of esters is 2. The van der Waals surface area contributed by atoms with Gasteiger partial charge in [0.15, 0.2) is 6.29 Å². The molecule has 0 amide bonds. The number of carbonyl (C=O) groups excluding carboxylic acids is 2. The van der Waals surface area contributed by atoms with Gasteiger partial charge in [-0.05, 0) is 80.6 Å². The van der Waals surface area contributed by atoms with E-state index in [1.165, 1.54) is 13.0 Å². The molecule has 4 aliphatic carbocycles. The number of cyclic esters (lactones) is 1. The van der Waals surface area contributed by atoms with E-state index in [9.17, 15) is 30.0 Å². The zero-order chi connectivity index (χ0) is 29.5. The molecular formula is C31H46O10. The summed E-state index contributed by atoms with van der Waals surface area (Å²) in [6, 6.07) is 0. The third kappa shape index (κ3) is 4.51. The minimum absolute atomic E-state index is 0.00437. The molecule has 4 saturated carbocycles. The lowest BCUT2D eigenvalue weighted by molar-refractivity contribution is -0.310. The van der Waals surface area contributed by atoms with Crippen LogP contribution < -0.4 is 0 Å². The predicted molar refractivity (Wildman–Crippen MR) is 144 cm³/mol. The third-order valence-electron chi connectivity index (χ3n) is 12.3. The van der Waals surface area contributed by atoms with E-state index in [0.29, 0.717) is 18.3 Å². The second-order valence-electron chi connectivity index (χ2n) is 14.2. The van der Waals surface area contributed by atoms with Gasteiger partial charge >= 0.3 is 11.9 Å². The average Bonchev–Trinajstić information content (AvgIpc) is 3.42. The highest BCUT2D eigenvalue weighted by molar-refractivity contribution is 5.85. The van der Waals surface area contributed by atoms with Crippen LogP contribution in [-0.2, 0) is 28.5 Å². The molecule has 0 aromatic heterocycles. The summed E-state index contributed by atoms with van der Waals surface area (Å²) < 4.78 is 23.0. The zero-order valence-electron chi connectivity index (χ0n) is 24.5. The van der Waals surface area contributed by atoms with Crippen molar-refractivity contribution in [2.45, 2.75) is 128 Å². The van der Waals surface area contributed by atoms with Gasteiger partial charge in [0.2, 0.25) is 0 Å². The van der Waals surface area contributed by atoms with Crippen molar-refractivity contribution in [3.63, 3.8) is 0 Å². The molecule has 14 unspecified atom stereocenters. The molecule has 10 nitrogen and oxygen atoms in total. The van der Waals surface area contributed by atoms with E-state index in [4.69, 9.17) is 18.9 Å². The van der Waals surface area contributed by atoms with E-state index in [0.717, 1.165) is 50.5 Å². The molecule has 6 rings (SSSR count). The first kappa shape index (κ1) is 29.5. The van der Waals surface area contributed by atoms with Gasteiger partial charge in [0.05, 0.1) is 17.8 Å². The molecule has 0 spiro atoms. The predicted octanol–water partition coefficient (Wildman–Crippen LogP) is 2.00. The van der Waals surface area contributed by atoms with E-state index in [2.05, 4.69) is 13.8 Å². The highest BCUT2D eigenvalue weighted by Gasteiger charge is 2.71. The molecule has 0 bridgehead atoms. The van der Waals surface area contributed by atoms with E-state index in [1.54, 1.807) is 6.92 Å². The van der Waals surface area contributed by atoms with Crippen molar-refractivity contribution < 1.29 is 49.0 Å².